The Kier molecular flexibility index (Phi) is 9.41. The lowest BCUT2D eigenvalue weighted by atomic mass is 10.0. The molecule has 0 radical (unpaired) electrons. The summed E-state index contributed by atoms with van der Waals surface area (Å²) in [4.78, 5) is 23.7. The Morgan fingerprint density at radius 1 is 1.07 bits per heavy atom. The summed E-state index contributed by atoms with van der Waals surface area (Å²) in [5.74, 6) is 5.03. The minimum atomic E-state index is -0.569. The smallest absolute Gasteiger partial charge is 0.407 e. The van der Waals surface area contributed by atoms with E-state index in [0.29, 0.717) is 36.4 Å². The van der Waals surface area contributed by atoms with Crippen LogP contribution in [0.4, 0.5) is 4.79 Å². The van der Waals surface area contributed by atoms with Crippen molar-refractivity contribution in [1.29, 1.82) is 0 Å². The van der Waals surface area contributed by atoms with E-state index < -0.39 is 17.7 Å². The van der Waals surface area contributed by atoms with Gasteiger partial charge in [-0.15, -0.1) is 12.8 Å². The second-order valence-corrected chi connectivity index (χ2v) is 6.96. The molecule has 0 aliphatic heterocycles. The van der Waals surface area contributed by atoms with E-state index >= 15 is 0 Å². The maximum Gasteiger partial charge on any atom is 0.407 e. The number of nitrogens with one attached hydrogen (secondary N) is 1. The van der Waals surface area contributed by atoms with Crippen molar-refractivity contribution in [2.45, 2.75) is 39.2 Å². The maximum absolute atomic E-state index is 12.0. The third-order valence-electron chi connectivity index (χ3n) is 3.48. The van der Waals surface area contributed by atoms with Crippen molar-refractivity contribution in [2.24, 2.45) is 0 Å². The molecule has 1 amide bonds. The first-order valence-corrected chi connectivity index (χ1v) is 9.06. The van der Waals surface area contributed by atoms with Gasteiger partial charge >= 0.3 is 12.1 Å². The molecule has 0 unspecified atom stereocenters. The molecule has 7 nitrogen and oxygen atoms in total. The minimum Gasteiger partial charge on any atom is -0.481 e. The van der Waals surface area contributed by atoms with Crippen molar-refractivity contribution in [3.05, 3.63) is 23.3 Å². The van der Waals surface area contributed by atoms with E-state index in [9.17, 15) is 9.59 Å². The molecule has 0 spiro atoms. The largest absolute Gasteiger partial charge is 0.481 e. The molecule has 0 aromatic heterocycles. The van der Waals surface area contributed by atoms with Gasteiger partial charge < -0.3 is 24.3 Å². The SMILES string of the molecule is C#CCOc1cc(C(=O)OC)cc(OCC#C)c1CCCNC(=O)OC(C)(C)C. The quantitative estimate of drug-likeness (QED) is 0.389. The highest BCUT2D eigenvalue weighted by atomic mass is 16.6. The zero-order valence-electron chi connectivity index (χ0n) is 17.3. The highest BCUT2D eigenvalue weighted by molar-refractivity contribution is 5.90. The topological polar surface area (TPSA) is 83.1 Å². The third-order valence-corrected chi connectivity index (χ3v) is 3.48. The zero-order valence-corrected chi connectivity index (χ0v) is 17.3. The van der Waals surface area contributed by atoms with Gasteiger partial charge in [0, 0.05) is 12.1 Å². The molecular weight excluding hydrogens is 374 g/mol. The number of hydrogen-bond acceptors (Lipinski definition) is 6. The number of terminal acetylenes is 2. The first kappa shape index (κ1) is 23.7. The summed E-state index contributed by atoms with van der Waals surface area (Å²) in [5.41, 5.74) is 0.372. The average molecular weight is 401 g/mol. The van der Waals surface area contributed by atoms with E-state index in [0.717, 1.165) is 0 Å². The van der Waals surface area contributed by atoms with Crippen molar-refractivity contribution in [2.75, 3.05) is 26.9 Å². The highest BCUT2D eigenvalue weighted by Crippen LogP contribution is 2.32. The summed E-state index contributed by atoms with van der Waals surface area (Å²) < 4.78 is 21.2. The fourth-order valence-corrected chi connectivity index (χ4v) is 2.37. The number of benzene rings is 1. The Morgan fingerprint density at radius 3 is 2.07 bits per heavy atom. The summed E-state index contributed by atoms with van der Waals surface area (Å²) in [5, 5.41) is 2.69. The number of carbonyl (C=O) groups excluding carboxylic acids is 2. The monoisotopic (exact) mass is 401 g/mol. The minimum absolute atomic E-state index is 0.0162. The van der Waals surface area contributed by atoms with Gasteiger partial charge in [0.1, 0.15) is 30.3 Å². The van der Waals surface area contributed by atoms with E-state index in [-0.39, 0.29) is 18.8 Å². The van der Waals surface area contributed by atoms with Crippen molar-refractivity contribution in [3.63, 3.8) is 0 Å². The second kappa shape index (κ2) is 11.5. The Labute approximate surface area is 172 Å². The molecule has 29 heavy (non-hydrogen) atoms. The van der Waals surface area contributed by atoms with Gasteiger partial charge in [-0.05, 0) is 45.7 Å². The van der Waals surface area contributed by atoms with E-state index in [1.807, 2.05) is 0 Å². The third kappa shape index (κ3) is 8.49. The fourth-order valence-electron chi connectivity index (χ4n) is 2.37. The van der Waals surface area contributed by atoms with Crippen LogP contribution in [0.5, 0.6) is 11.5 Å². The Balaban J connectivity index is 2.99. The summed E-state index contributed by atoms with van der Waals surface area (Å²) >= 11 is 0. The number of carbonyl (C=O) groups is 2. The molecule has 0 atom stereocenters. The van der Waals surface area contributed by atoms with Gasteiger partial charge in [0.25, 0.3) is 0 Å². The van der Waals surface area contributed by atoms with Crippen molar-refractivity contribution < 1.29 is 28.5 Å². The molecule has 0 aliphatic rings. The zero-order chi connectivity index (χ0) is 21.9. The molecule has 0 saturated heterocycles. The molecule has 156 valence electrons. The van der Waals surface area contributed by atoms with Crippen molar-refractivity contribution >= 4 is 12.1 Å². The van der Waals surface area contributed by atoms with E-state index in [4.69, 9.17) is 31.8 Å². The predicted octanol–water partition coefficient (Wildman–Crippen LogP) is 2.95. The predicted molar refractivity (Wildman–Crippen MR) is 109 cm³/mol. The normalized spacial score (nSPS) is 10.3. The van der Waals surface area contributed by atoms with Crippen LogP contribution < -0.4 is 14.8 Å². The lowest BCUT2D eigenvalue weighted by Crippen LogP contribution is -2.33. The summed E-state index contributed by atoms with van der Waals surface area (Å²) in [6, 6.07) is 3.09. The Hall–Kier alpha value is -3.32. The molecular formula is C22H27NO6. The van der Waals surface area contributed by atoms with Crippen molar-refractivity contribution in [3.8, 4) is 36.2 Å². The van der Waals surface area contributed by atoms with Crippen LogP contribution in [0.15, 0.2) is 12.1 Å². The number of esters is 1. The van der Waals surface area contributed by atoms with Gasteiger partial charge in [-0.25, -0.2) is 9.59 Å². The summed E-state index contributed by atoms with van der Waals surface area (Å²) in [7, 11) is 1.28. The van der Waals surface area contributed by atoms with Crippen LogP contribution in [-0.4, -0.2) is 44.5 Å². The number of alkyl carbamates (subject to hydrolysis) is 1. The van der Waals surface area contributed by atoms with Crippen LogP contribution in [0, 0.1) is 24.7 Å². The molecule has 0 fully saturated rings. The molecule has 1 aromatic carbocycles. The number of hydrogen-bond donors (Lipinski definition) is 1. The second-order valence-electron chi connectivity index (χ2n) is 6.96. The van der Waals surface area contributed by atoms with Crippen LogP contribution in [0.2, 0.25) is 0 Å². The van der Waals surface area contributed by atoms with Crippen LogP contribution >= 0.6 is 0 Å². The standard InChI is InChI=1S/C22H27NO6/c1-7-12-27-18-14-16(20(24)26-6)15-19(28-13-8-2)17(18)10-9-11-23-21(25)29-22(3,4)5/h1-2,14-15H,9-13H2,3-6H3,(H,23,25). The molecule has 0 bridgehead atoms. The van der Waals surface area contributed by atoms with Crippen molar-refractivity contribution in [1.82, 2.24) is 5.32 Å². The molecule has 1 N–H and O–H groups in total. The van der Waals surface area contributed by atoms with E-state index in [2.05, 4.69) is 17.2 Å². The number of rotatable bonds is 9. The summed E-state index contributed by atoms with van der Waals surface area (Å²) in [6.45, 7) is 5.78. The Morgan fingerprint density at radius 2 is 1.62 bits per heavy atom. The average Bonchev–Trinajstić information content (AvgIpc) is 2.66. The maximum atomic E-state index is 12.0. The number of methoxy groups -OCH3 is 1. The summed E-state index contributed by atoms with van der Waals surface area (Å²) in [6.07, 6.45) is 11.1. The molecule has 1 rings (SSSR count). The molecule has 7 heteroatoms. The molecule has 0 aliphatic carbocycles. The van der Waals surface area contributed by atoms with E-state index in [1.165, 1.54) is 7.11 Å². The first-order chi connectivity index (χ1) is 13.7. The van der Waals surface area contributed by atoms with Crippen LogP contribution in [0.1, 0.15) is 43.1 Å². The van der Waals surface area contributed by atoms with Crippen LogP contribution in [0.25, 0.3) is 0 Å². The van der Waals surface area contributed by atoms with E-state index in [1.54, 1.807) is 32.9 Å². The highest BCUT2D eigenvalue weighted by Gasteiger charge is 2.19. The molecule has 0 saturated carbocycles. The van der Waals surface area contributed by atoms with Crippen LogP contribution in [0.3, 0.4) is 0 Å². The fraction of sp³-hybridized carbons (Fsp3) is 0.455. The van der Waals surface area contributed by atoms with Gasteiger partial charge in [-0.3, -0.25) is 0 Å². The molecule has 1 aromatic rings. The first-order valence-electron chi connectivity index (χ1n) is 9.06. The Bertz CT molecular complexity index is 756. The van der Waals surface area contributed by atoms with Gasteiger partial charge in [-0.1, -0.05) is 11.8 Å². The number of ether oxygens (including phenoxy) is 4. The lowest BCUT2D eigenvalue weighted by molar-refractivity contribution is 0.0526. The van der Waals surface area contributed by atoms with Gasteiger partial charge in [0.15, 0.2) is 0 Å². The van der Waals surface area contributed by atoms with Gasteiger partial charge in [0.05, 0.1) is 12.7 Å². The molecule has 0 heterocycles. The lowest BCUT2D eigenvalue weighted by Gasteiger charge is -2.20. The van der Waals surface area contributed by atoms with Gasteiger partial charge in [-0.2, -0.15) is 0 Å². The number of amides is 1. The van der Waals surface area contributed by atoms with Crippen LogP contribution in [-0.2, 0) is 15.9 Å². The van der Waals surface area contributed by atoms with Gasteiger partial charge in [0.2, 0.25) is 0 Å².